The molecule has 0 aliphatic heterocycles. The van der Waals surface area contributed by atoms with Gasteiger partial charge in [0.15, 0.2) is 0 Å². The van der Waals surface area contributed by atoms with Gasteiger partial charge in [0.25, 0.3) is 0 Å². The van der Waals surface area contributed by atoms with E-state index in [4.69, 9.17) is 23.2 Å². The largest absolute Gasteiger partial charge is 1.00 e. The molecule has 3 heteroatoms. The van der Waals surface area contributed by atoms with Crippen LogP contribution < -0.4 is 4.70 Å². The number of hydrogen-bond acceptors (Lipinski definition) is 0. The van der Waals surface area contributed by atoms with Crippen LogP contribution in [-0.4, -0.2) is 5.34 Å². The lowest BCUT2D eigenvalue weighted by Crippen LogP contribution is -3.00. The molecule has 28 valence electrons. The molecule has 0 N–H and O–H groups in total. The average Bonchev–Trinajstić information content (AvgIpc) is 0.918. The number of hydrogen-bond donors (Lipinski definition) is 0. The van der Waals surface area contributed by atoms with Crippen molar-refractivity contribution in [2.24, 2.45) is 0 Å². The van der Waals surface area contributed by atoms with Gasteiger partial charge in [0.1, 0.15) is 0 Å². The van der Waals surface area contributed by atoms with Crippen molar-refractivity contribution in [3.05, 3.63) is 0 Å². The van der Waals surface area contributed by atoms with Crippen LogP contribution in [0.5, 0.6) is 0 Å². The zero-order chi connectivity index (χ0) is 2.71. The van der Waals surface area contributed by atoms with Gasteiger partial charge in [0.2, 0.25) is 0 Å². The third-order valence-electron chi connectivity index (χ3n) is 0. The van der Waals surface area contributed by atoms with Gasteiger partial charge < -0.3 is 4.70 Å². The van der Waals surface area contributed by atoms with Gasteiger partial charge >= 0.3 is 1.43 Å². The minimum atomic E-state index is 0. The Morgan fingerprint density at radius 2 is 1.50 bits per heavy atom. The van der Waals surface area contributed by atoms with Crippen LogP contribution in [0, 0.1) is 0 Å². The summed E-state index contributed by atoms with van der Waals surface area (Å²) in [5.41, 5.74) is 0. The molecule has 0 unspecified atom stereocenters. The van der Waals surface area contributed by atoms with Crippen LogP contribution in [0.2, 0.25) is 0 Å². The third-order valence-corrected chi connectivity index (χ3v) is 0. The van der Waals surface area contributed by atoms with E-state index in [1.165, 1.54) is 0 Å². The summed E-state index contributed by atoms with van der Waals surface area (Å²) < 4.78 is 0. The fourth-order valence-electron chi connectivity index (χ4n) is 0. The Labute approximate surface area is 35.6 Å². The molecule has 0 nitrogen and oxygen atoms in total. The smallest absolute Gasteiger partial charge is 1.00 e. The maximum Gasteiger partial charge on any atom is 1.00 e. The van der Waals surface area contributed by atoms with E-state index in [9.17, 15) is 0 Å². The lowest BCUT2D eigenvalue weighted by Gasteiger charge is -1.42. The Balaban J connectivity index is -0.0000000200. The van der Waals surface area contributed by atoms with E-state index in [1.54, 1.807) is 0 Å². The second kappa shape index (κ2) is 9.70. The second-order valence-corrected chi connectivity index (χ2v) is 0.909. The summed E-state index contributed by atoms with van der Waals surface area (Å²) in [6.07, 6.45) is 0. The molecular formula is CH3Cl2F. The predicted octanol–water partition coefficient (Wildman–Crippen LogP) is -1.46. The fraction of sp³-hybridized carbons (Fsp3) is 1.00. The molecule has 0 atom stereocenters. The van der Waals surface area contributed by atoms with Crippen LogP contribution in [0.1, 0.15) is 1.43 Å². The highest BCUT2D eigenvalue weighted by atomic mass is 35.5. The average molecular weight is 105 g/mol. The second-order valence-electron chi connectivity index (χ2n) is 0.101. The Morgan fingerprint density at radius 3 is 1.50 bits per heavy atom. The van der Waals surface area contributed by atoms with Crippen LogP contribution in [0.25, 0.3) is 0 Å². The minimum Gasteiger partial charge on any atom is -1.00 e. The minimum absolute atomic E-state index is 0. The molecule has 0 aliphatic rings. The number of alkyl halides is 2. The highest BCUT2D eigenvalue weighted by Crippen LogP contribution is 1.73. The van der Waals surface area contributed by atoms with Crippen molar-refractivity contribution in [1.82, 2.24) is 0 Å². The van der Waals surface area contributed by atoms with E-state index >= 15 is 0 Å². The summed E-state index contributed by atoms with van der Waals surface area (Å²) >= 11 is 9.53. The molecule has 0 aromatic heterocycles. The molecule has 4 heavy (non-hydrogen) atoms. The standard InChI is InChI=1S/CH2Cl2.FH/c2-1-3;/h1H2;1H. The van der Waals surface area contributed by atoms with Gasteiger partial charge in [-0.1, -0.05) is 0 Å². The maximum atomic E-state index is 4.76. The van der Waals surface area contributed by atoms with Gasteiger partial charge in [-0.3, -0.25) is 0 Å². The molecule has 0 bridgehead atoms. The van der Waals surface area contributed by atoms with Crippen LogP contribution in [0.3, 0.4) is 0 Å². The molecule has 0 saturated carbocycles. The van der Waals surface area contributed by atoms with E-state index in [0.29, 0.717) is 0 Å². The highest BCUT2D eigenvalue weighted by molar-refractivity contribution is 6.40. The van der Waals surface area contributed by atoms with Crippen LogP contribution >= 0.6 is 23.2 Å². The van der Waals surface area contributed by atoms with Gasteiger partial charge in [-0.05, 0) is 0 Å². The molecular weight excluding hydrogens is 102 g/mol. The zero-order valence-corrected chi connectivity index (χ0v) is 3.35. The van der Waals surface area contributed by atoms with E-state index in [1.807, 2.05) is 0 Å². The summed E-state index contributed by atoms with van der Waals surface area (Å²) in [7, 11) is 0. The summed E-state index contributed by atoms with van der Waals surface area (Å²) in [4.78, 5) is 0. The quantitative estimate of drug-likeness (QED) is 0.330. The maximum absolute atomic E-state index is 4.76. The van der Waals surface area contributed by atoms with Crippen molar-refractivity contribution < 1.29 is 6.13 Å². The predicted molar refractivity (Wildman–Crippen MR) is 17.7 cm³/mol. The summed E-state index contributed by atoms with van der Waals surface area (Å²) in [5, 5.41) is 0.194. The molecule has 0 heterocycles. The van der Waals surface area contributed by atoms with Crippen molar-refractivity contribution in [3.63, 3.8) is 0 Å². The number of rotatable bonds is 0. The zero-order valence-electron chi connectivity index (χ0n) is 2.84. The summed E-state index contributed by atoms with van der Waals surface area (Å²) in [6, 6.07) is 0. The van der Waals surface area contributed by atoms with Crippen molar-refractivity contribution in [3.8, 4) is 0 Å². The van der Waals surface area contributed by atoms with Crippen LogP contribution in [-0.2, 0) is 0 Å². The first-order chi connectivity index (χ1) is 1.41. The monoisotopic (exact) mass is 104 g/mol. The van der Waals surface area contributed by atoms with E-state index in [-0.39, 0.29) is 11.5 Å². The van der Waals surface area contributed by atoms with Crippen molar-refractivity contribution in [2.45, 2.75) is 0 Å². The van der Waals surface area contributed by atoms with Crippen molar-refractivity contribution in [2.75, 3.05) is 5.34 Å². The molecule has 0 rings (SSSR count). The number of halogens is 3. The topological polar surface area (TPSA) is 0 Å². The molecule has 0 saturated heterocycles. The van der Waals surface area contributed by atoms with E-state index in [0.717, 1.165) is 0 Å². The molecule has 0 aliphatic carbocycles. The molecule has 0 amide bonds. The highest BCUT2D eigenvalue weighted by Gasteiger charge is 1.41. The van der Waals surface area contributed by atoms with Gasteiger partial charge in [0, 0.05) is 0 Å². The van der Waals surface area contributed by atoms with Gasteiger partial charge in [-0.25, -0.2) is 0 Å². The van der Waals surface area contributed by atoms with Gasteiger partial charge in [-0.2, -0.15) is 0 Å². The molecule has 0 aromatic carbocycles. The lowest BCUT2D eigenvalue weighted by atomic mass is 11.9. The molecule has 0 radical (unpaired) electrons. The molecule has 0 spiro atoms. The van der Waals surface area contributed by atoms with Gasteiger partial charge in [0.05, 0.1) is 5.34 Å². The molecule has 0 aromatic rings. The first-order valence-corrected chi connectivity index (χ1v) is 1.60. The summed E-state index contributed by atoms with van der Waals surface area (Å²) in [5.74, 6) is 0. The van der Waals surface area contributed by atoms with E-state index in [2.05, 4.69) is 0 Å². The van der Waals surface area contributed by atoms with E-state index < -0.39 is 0 Å². The normalized spacial score (nSPS) is 4.50. The lowest BCUT2D eigenvalue weighted by molar-refractivity contribution is -0.000000521. The molecule has 0 fully saturated rings. The Hall–Kier alpha value is 0.510. The Bertz CT molecular complexity index is 9.61. The fourth-order valence-corrected chi connectivity index (χ4v) is 0. The first-order valence-electron chi connectivity index (χ1n) is 0.535. The third kappa shape index (κ3) is 22.0. The van der Waals surface area contributed by atoms with Crippen LogP contribution in [0.15, 0.2) is 0 Å². The first kappa shape index (κ1) is 8.82. The Kier molecular flexibility index (Phi) is 21.4. The van der Waals surface area contributed by atoms with Crippen LogP contribution in [0.4, 0.5) is 0 Å². The SMILES string of the molecule is ClCCl.[F-].[H+]. The van der Waals surface area contributed by atoms with Gasteiger partial charge in [-0.15, -0.1) is 23.2 Å². The van der Waals surface area contributed by atoms with Crippen molar-refractivity contribution >= 4 is 23.2 Å². The Morgan fingerprint density at radius 1 is 1.50 bits per heavy atom. The summed E-state index contributed by atoms with van der Waals surface area (Å²) in [6.45, 7) is 0. The van der Waals surface area contributed by atoms with Crippen molar-refractivity contribution in [1.29, 1.82) is 0 Å².